The molecule has 1 atom stereocenters. The lowest BCUT2D eigenvalue weighted by Crippen LogP contribution is -2.36. The summed E-state index contributed by atoms with van der Waals surface area (Å²) in [7, 11) is 0. The second-order valence-electron chi connectivity index (χ2n) is 7.74. The van der Waals surface area contributed by atoms with Crippen LogP contribution in [0, 0.1) is 5.92 Å². The highest BCUT2D eigenvalue weighted by molar-refractivity contribution is 5.79. The fraction of sp³-hybridized carbons (Fsp3) is 0.348. The predicted octanol–water partition coefficient (Wildman–Crippen LogP) is 3.07. The highest BCUT2D eigenvalue weighted by Crippen LogP contribution is 2.34. The maximum atomic E-state index is 12.8. The van der Waals surface area contributed by atoms with Gasteiger partial charge in [-0.1, -0.05) is 32.0 Å². The molecule has 7 heteroatoms. The van der Waals surface area contributed by atoms with E-state index in [1.165, 1.54) is 10.9 Å². The molecule has 4 rings (SSSR count). The zero-order valence-corrected chi connectivity index (χ0v) is 17.1. The third-order valence-electron chi connectivity index (χ3n) is 5.16. The molecule has 2 heterocycles. The van der Waals surface area contributed by atoms with Crippen molar-refractivity contribution in [2.24, 2.45) is 5.92 Å². The Morgan fingerprint density at radius 1 is 1.13 bits per heavy atom. The number of fused-ring (bicyclic) bond motifs is 2. The molecule has 0 saturated heterocycles. The molecular formula is C23H25N3O4. The van der Waals surface area contributed by atoms with Crippen molar-refractivity contribution in [2.75, 3.05) is 13.2 Å². The first-order valence-electron chi connectivity index (χ1n) is 10.2. The first kappa shape index (κ1) is 19.9. The molecular weight excluding hydrogens is 382 g/mol. The minimum Gasteiger partial charge on any atom is -0.490 e. The molecule has 0 spiro atoms. The van der Waals surface area contributed by atoms with Crippen molar-refractivity contribution in [1.29, 1.82) is 0 Å². The normalized spacial score (nSPS) is 14.4. The van der Waals surface area contributed by atoms with E-state index < -0.39 is 0 Å². The van der Waals surface area contributed by atoms with Gasteiger partial charge in [-0.2, -0.15) is 0 Å². The highest BCUT2D eigenvalue weighted by atomic mass is 16.5. The summed E-state index contributed by atoms with van der Waals surface area (Å²) < 4.78 is 12.8. The summed E-state index contributed by atoms with van der Waals surface area (Å²) in [4.78, 5) is 29.7. The molecule has 30 heavy (non-hydrogen) atoms. The van der Waals surface area contributed by atoms with Crippen LogP contribution >= 0.6 is 0 Å². The molecule has 1 aliphatic rings. The lowest BCUT2D eigenvalue weighted by molar-refractivity contribution is -0.122. The smallest absolute Gasteiger partial charge is 0.261 e. The molecule has 1 amide bonds. The van der Waals surface area contributed by atoms with Crippen LogP contribution in [-0.4, -0.2) is 28.7 Å². The monoisotopic (exact) mass is 407 g/mol. The third-order valence-corrected chi connectivity index (χ3v) is 5.16. The van der Waals surface area contributed by atoms with E-state index in [1.807, 2.05) is 38.1 Å². The lowest BCUT2D eigenvalue weighted by Gasteiger charge is -2.24. The molecule has 1 N–H and O–H groups in total. The first-order valence-corrected chi connectivity index (χ1v) is 10.2. The van der Waals surface area contributed by atoms with Gasteiger partial charge < -0.3 is 14.8 Å². The Bertz CT molecular complexity index is 1120. The van der Waals surface area contributed by atoms with Gasteiger partial charge in [-0.25, -0.2) is 4.98 Å². The van der Waals surface area contributed by atoms with Crippen molar-refractivity contribution in [3.63, 3.8) is 0 Å². The SMILES string of the molecule is CC(C)[C@H](NC(=O)Cn1cnc2ccccc2c1=O)c1ccc2c(c1)OCCCO2. The predicted molar refractivity (Wildman–Crippen MR) is 114 cm³/mol. The molecule has 7 nitrogen and oxygen atoms in total. The zero-order valence-electron chi connectivity index (χ0n) is 17.1. The highest BCUT2D eigenvalue weighted by Gasteiger charge is 2.21. The Morgan fingerprint density at radius 3 is 2.70 bits per heavy atom. The Balaban J connectivity index is 1.54. The van der Waals surface area contributed by atoms with Gasteiger partial charge in [0.15, 0.2) is 11.5 Å². The van der Waals surface area contributed by atoms with Crippen molar-refractivity contribution < 1.29 is 14.3 Å². The fourth-order valence-corrected chi connectivity index (χ4v) is 3.60. The number of nitrogens with one attached hydrogen (secondary N) is 1. The molecule has 0 bridgehead atoms. The number of amides is 1. The van der Waals surface area contributed by atoms with Crippen LogP contribution in [0.25, 0.3) is 10.9 Å². The van der Waals surface area contributed by atoms with E-state index in [9.17, 15) is 9.59 Å². The zero-order chi connectivity index (χ0) is 21.1. The van der Waals surface area contributed by atoms with E-state index in [1.54, 1.807) is 18.2 Å². The Labute approximate surface area is 174 Å². The lowest BCUT2D eigenvalue weighted by atomic mass is 9.95. The van der Waals surface area contributed by atoms with Gasteiger partial charge in [0.2, 0.25) is 5.91 Å². The second-order valence-corrected chi connectivity index (χ2v) is 7.74. The quantitative estimate of drug-likeness (QED) is 0.703. The number of hydrogen-bond acceptors (Lipinski definition) is 5. The molecule has 0 aliphatic carbocycles. The van der Waals surface area contributed by atoms with Crippen LogP contribution in [0.5, 0.6) is 11.5 Å². The van der Waals surface area contributed by atoms with E-state index >= 15 is 0 Å². The van der Waals surface area contributed by atoms with Gasteiger partial charge in [0.25, 0.3) is 5.56 Å². The van der Waals surface area contributed by atoms with E-state index in [2.05, 4.69) is 10.3 Å². The summed E-state index contributed by atoms with van der Waals surface area (Å²) in [6.45, 7) is 5.22. The number of nitrogens with zero attached hydrogens (tertiary/aromatic N) is 2. The van der Waals surface area contributed by atoms with Crippen molar-refractivity contribution in [3.8, 4) is 11.5 Å². The molecule has 0 fully saturated rings. The van der Waals surface area contributed by atoms with Crippen LogP contribution in [-0.2, 0) is 11.3 Å². The summed E-state index contributed by atoms with van der Waals surface area (Å²) in [6.07, 6.45) is 2.26. The number of rotatable bonds is 5. The number of carbonyl (C=O) groups excluding carboxylic acids is 1. The Hall–Kier alpha value is -3.35. The standard InChI is InChI=1S/C23H25N3O4/c1-15(2)22(16-8-9-19-20(12-16)30-11-5-10-29-19)25-21(27)13-26-14-24-18-7-4-3-6-17(18)23(26)28/h3-4,6-9,12,14-15,22H,5,10-11,13H2,1-2H3,(H,25,27)/t22-/m0/s1. The number of carbonyl (C=O) groups is 1. The average Bonchev–Trinajstić information content (AvgIpc) is 2.99. The van der Waals surface area contributed by atoms with Gasteiger partial charge in [-0.15, -0.1) is 0 Å². The van der Waals surface area contributed by atoms with Crippen LogP contribution in [0.15, 0.2) is 53.6 Å². The minimum atomic E-state index is -0.250. The maximum absolute atomic E-state index is 12.8. The summed E-state index contributed by atoms with van der Waals surface area (Å²) >= 11 is 0. The van der Waals surface area contributed by atoms with Crippen molar-refractivity contribution >= 4 is 16.8 Å². The van der Waals surface area contributed by atoms with Crippen molar-refractivity contribution in [3.05, 3.63) is 64.7 Å². The maximum Gasteiger partial charge on any atom is 0.261 e. The van der Waals surface area contributed by atoms with Gasteiger partial charge in [0.05, 0.1) is 36.5 Å². The average molecular weight is 407 g/mol. The van der Waals surface area contributed by atoms with Crippen LogP contribution in [0.4, 0.5) is 0 Å². The summed E-state index contributed by atoms with van der Waals surface area (Å²) in [5, 5.41) is 3.55. The number of ether oxygens (including phenoxy) is 2. The summed E-state index contributed by atoms with van der Waals surface area (Å²) in [5.74, 6) is 1.31. The van der Waals surface area contributed by atoms with Gasteiger partial charge in [0.1, 0.15) is 6.54 Å². The molecule has 0 saturated carbocycles. The molecule has 2 aromatic carbocycles. The first-order chi connectivity index (χ1) is 14.5. The molecule has 1 aromatic heterocycles. The fourth-order valence-electron chi connectivity index (χ4n) is 3.60. The molecule has 0 unspecified atom stereocenters. The topological polar surface area (TPSA) is 82.5 Å². The molecule has 1 aliphatic heterocycles. The van der Waals surface area contributed by atoms with Crippen molar-refractivity contribution in [2.45, 2.75) is 32.9 Å². The summed E-state index contributed by atoms with van der Waals surface area (Å²) in [5.41, 5.74) is 1.32. The van der Waals surface area contributed by atoms with E-state index in [0.717, 1.165) is 17.7 Å². The Kier molecular flexibility index (Phi) is 5.70. The van der Waals surface area contributed by atoms with Gasteiger partial charge >= 0.3 is 0 Å². The van der Waals surface area contributed by atoms with Gasteiger partial charge in [-0.05, 0) is 35.7 Å². The van der Waals surface area contributed by atoms with Gasteiger partial charge in [-0.3, -0.25) is 14.2 Å². The van der Waals surface area contributed by atoms with Crippen LogP contribution < -0.4 is 20.3 Å². The van der Waals surface area contributed by atoms with E-state index in [0.29, 0.717) is 29.9 Å². The minimum absolute atomic E-state index is 0.0928. The third kappa shape index (κ3) is 4.15. The number of benzene rings is 2. The largest absolute Gasteiger partial charge is 0.490 e. The Morgan fingerprint density at radius 2 is 1.90 bits per heavy atom. The van der Waals surface area contributed by atoms with Crippen LogP contribution in [0.2, 0.25) is 0 Å². The molecule has 0 radical (unpaired) electrons. The van der Waals surface area contributed by atoms with E-state index in [-0.39, 0.29) is 30.0 Å². The van der Waals surface area contributed by atoms with E-state index in [4.69, 9.17) is 9.47 Å². The van der Waals surface area contributed by atoms with Gasteiger partial charge in [0, 0.05) is 6.42 Å². The van der Waals surface area contributed by atoms with Crippen LogP contribution in [0.1, 0.15) is 31.9 Å². The second kappa shape index (κ2) is 8.57. The molecule has 156 valence electrons. The number of hydrogen-bond donors (Lipinski definition) is 1. The summed E-state index contributed by atoms with van der Waals surface area (Å²) in [6, 6.07) is 12.6. The number of aromatic nitrogens is 2. The van der Waals surface area contributed by atoms with Crippen molar-refractivity contribution in [1.82, 2.24) is 14.9 Å². The van der Waals surface area contributed by atoms with Crippen LogP contribution in [0.3, 0.4) is 0 Å². The number of para-hydroxylation sites is 1. The molecule has 3 aromatic rings.